The van der Waals surface area contributed by atoms with E-state index in [1.807, 2.05) is 31.2 Å². The van der Waals surface area contributed by atoms with Crippen LogP contribution in [0.1, 0.15) is 51.0 Å². The van der Waals surface area contributed by atoms with E-state index in [0.29, 0.717) is 33.3 Å². The second-order valence-corrected chi connectivity index (χ2v) is 10.3. The van der Waals surface area contributed by atoms with Gasteiger partial charge in [0.25, 0.3) is 0 Å². The first-order chi connectivity index (χ1) is 16.5. The summed E-state index contributed by atoms with van der Waals surface area (Å²) in [6.45, 7) is 2.82. The molecular formula is C28H29Cl2NO3. The third-order valence-electron chi connectivity index (χ3n) is 7.41. The highest BCUT2D eigenvalue weighted by molar-refractivity contribution is 6.36. The predicted octanol–water partition coefficient (Wildman–Crippen LogP) is 8.00. The van der Waals surface area contributed by atoms with Crippen LogP contribution in [0.5, 0.6) is 5.75 Å². The normalized spacial score (nSPS) is 20.9. The van der Waals surface area contributed by atoms with E-state index in [1.54, 1.807) is 25.5 Å². The van der Waals surface area contributed by atoms with Crippen molar-refractivity contribution in [3.63, 3.8) is 0 Å². The van der Waals surface area contributed by atoms with Crippen LogP contribution in [0.4, 0.5) is 0 Å². The number of halogens is 2. The van der Waals surface area contributed by atoms with Gasteiger partial charge in [-0.3, -0.25) is 4.79 Å². The maximum atomic E-state index is 13.4. The van der Waals surface area contributed by atoms with Gasteiger partial charge >= 0.3 is 0 Å². The average Bonchev–Trinajstić information content (AvgIpc) is 3.25. The molecule has 2 heterocycles. The Kier molecular flexibility index (Phi) is 6.63. The number of benzene rings is 2. The molecule has 0 spiro atoms. The maximum Gasteiger partial charge on any atom is 0.247 e. The first kappa shape index (κ1) is 23.3. The van der Waals surface area contributed by atoms with E-state index in [-0.39, 0.29) is 5.91 Å². The molecule has 178 valence electrons. The van der Waals surface area contributed by atoms with Gasteiger partial charge in [-0.05, 0) is 62.3 Å². The van der Waals surface area contributed by atoms with Gasteiger partial charge in [-0.2, -0.15) is 0 Å². The Balaban J connectivity index is 1.51. The highest BCUT2D eigenvalue weighted by Gasteiger charge is 2.35. The quantitative estimate of drug-likeness (QED) is 0.342. The van der Waals surface area contributed by atoms with Crippen LogP contribution in [0.3, 0.4) is 0 Å². The van der Waals surface area contributed by atoms with Gasteiger partial charge in [0, 0.05) is 51.8 Å². The number of ether oxygens (including phenoxy) is 1. The minimum absolute atomic E-state index is 0.101. The lowest BCUT2D eigenvalue weighted by atomic mass is 9.78. The van der Waals surface area contributed by atoms with Gasteiger partial charge in [0.2, 0.25) is 5.91 Å². The lowest BCUT2D eigenvalue weighted by Gasteiger charge is -2.43. The molecule has 1 saturated carbocycles. The molecule has 3 aromatic rings. The third kappa shape index (κ3) is 4.34. The minimum Gasteiger partial charge on any atom is -0.496 e. The summed E-state index contributed by atoms with van der Waals surface area (Å²) < 4.78 is 11.5. The molecule has 2 aliphatic rings. The Labute approximate surface area is 210 Å². The number of fused-ring (bicyclic) bond motifs is 2. The van der Waals surface area contributed by atoms with Crippen LogP contribution >= 0.6 is 23.2 Å². The minimum atomic E-state index is 0.101. The van der Waals surface area contributed by atoms with Crippen LogP contribution in [0.15, 0.2) is 47.1 Å². The molecule has 2 fully saturated rings. The van der Waals surface area contributed by atoms with Crippen LogP contribution in [-0.4, -0.2) is 30.5 Å². The zero-order valence-electron chi connectivity index (χ0n) is 19.6. The van der Waals surface area contributed by atoms with Crippen molar-refractivity contribution in [3.05, 3.63) is 58.3 Å². The average molecular weight is 498 g/mol. The number of allylic oxidation sites excluding steroid dienone is 1. The van der Waals surface area contributed by atoms with Crippen LogP contribution in [0.25, 0.3) is 27.7 Å². The molecule has 2 unspecified atom stereocenters. The second-order valence-electron chi connectivity index (χ2n) is 9.44. The zero-order valence-corrected chi connectivity index (χ0v) is 21.1. The Morgan fingerprint density at radius 1 is 1.09 bits per heavy atom. The molecule has 34 heavy (non-hydrogen) atoms. The summed E-state index contributed by atoms with van der Waals surface area (Å²) in [4.78, 5) is 15.5. The summed E-state index contributed by atoms with van der Waals surface area (Å²) in [7, 11) is 1.64. The highest BCUT2D eigenvalue weighted by Crippen LogP contribution is 2.40. The Bertz CT molecular complexity index is 1260. The Morgan fingerprint density at radius 3 is 2.68 bits per heavy atom. The molecule has 2 atom stereocenters. The smallest absolute Gasteiger partial charge is 0.247 e. The van der Waals surface area contributed by atoms with Crippen molar-refractivity contribution >= 4 is 45.7 Å². The molecule has 4 nitrogen and oxygen atoms in total. The van der Waals surface area contributed by atoms with Crippen LogP contribution in [-0.2, 0) is 4.79 Å². The molecule has 0 N–H and O–H groups in total. The number of methoxy groups -OCH3 is 1. The number of piperidine rings is 1. The van der Waals surface area contributed by atoms with Gasteiger partial charge in [-0.1, -0.05) is 42.1 Å². The molecule has 0 radical (unpaired) electrons. The van der Waals surface area contributed by atoms with Crippen LogP contribution in [0, 0.1) is 5.92 Å². The lowest BCUT2D eigenvalue weighted by molar-refractivity contribution is -0.132. The second kappa shape index (κ2) is 9.67. The van der Waals surface area contributed by atoms with Gasteiger partial charge in [0.15, 0.2) is 0 Å². The SMILES string of the molecule is COc1cc2occ(-c3ccc(Cl)cc3Cl)c2cc1/C(C)=C/C(=O)N1CCCC2CCCCC21. The van der Waals surface area contributed by atoms with Gasteiger partial charge < -0.3 is 14.1 Å². The van der Waals surface area contributed by atoms with Gasteiger partial charge in [-0.25, -0.2) is 0 Å². The monoisotopic (exact) mass is 497 g/mol. The molecule has 1 saturated heterocycles. The van der Waals surface area contributed by atoms with E-state index in [0.717, 1.165) is 47.0 Å². The number of likely N-dealkylation sites (tertiary alicyclic amines) is 1. The lowest BCUT2D eigenvalue weighted by Crippen LogP contribution is -2.49. The largest absolute Gasteiger partial charge is 0.496 e. The number of hydrogen-bond acceptors (Lipinski definition) is 3. The summed E-state index contributed by atoms with van der Waals surface area (Å²) in [6, 6.07) is 9.71. The number of nitrogens with zero attached hydrogens (tertiary/aromatic N) is 1. The van der Waals surface area contributed by atoms with E-state index in [2.05, 4.69) is 4.90 Å². The van der Waals surface area contributed by atoms with Crippen molar-refractivity contribution in [2.45, 2.75) is 51.5 Å². The first-order valence-corrected chi connectivity index (χ1v) is 12.8. The summed E-state index contributed by atoms with van der Waals surface area (Å²) in [5.41, 5.74) is 4.15. The molecule has 5 rings (SSSR count). The molecule has 1 aromatic heterocycles. The fraction of sp³-hybridized carbons (Fsp3) is 0.393. The van der Waals surface area contributed by atoms with Crippen LogP contribution in [0.2, 0.25) is 10.0 Å². The fourth-order valence-corrected chi connectivity index (χ4v) is 6.20. The molecule has 6 heteroatoms. The predicted molar refractivity (Wildman–Crippen MR) is 139 cm³/mol. The molecule has 1 aliphatic carbocycles. The van der Waals surface area contributed by atoms with E-state index in [4.69, 9.17) is 32.4 Å². The van der Waals surface area contributed by atoms with E-state index >= 15 is 0 Å². The standard InChI is InChI=1S/C28H29Cl2NO3/c1-17(12-28(32)31-11-5-7-18-6-3-4-8-25(18)31)21-14-22-23(16-34-27(22)15-26(21)33-2)20-10-9-19(29)13-24(20)30/h9-10,12-16,18,25H,3-8,11H2,1-2H3/b17-12+. The molecule has 2 aromatic carbocycles. The van der Waals surface area contributed by atoms with Crippen molar-refractivity contribution in [2.24, 2.45) is 5.92 Å². The summed E-state index contributed by atoms with van der Waals surface area (Å²) in [6.07, 6.45) is 10.7. The maximum absolute atomic E-state index is 13.4. The number of hydrogen-bond donors (Lipinski definition) is 0. The number of rotatable bonds is 4. The van der Waals surface area contributed by atoms with E-state index < -0.39 is 0 Å². The van der Waals surface area contributed by atoms with Gasteiger partial charge in [0.1, 0.15) is 11.3 Å². The molecule has 1 amide bonds. The topological polar surface area (TPSA) is 42.7 Å². The summed E-state index contributed by atoms with van der Waals surface area (Å²) >= 11 is 12.6. The number of carbonyl (C=O) groups excluding carboxylic acids is 1. The molecule has 1 aliphatic heterocycles. The third-order valence-corrected chi connectivity index (χ3v) is 7.96. The van der Waals surface area contributed by atoms with Crippen molar-refractivity contribution in [2.75, 3.05) is 13.7 Å². The fourth-order valence-electron chi connectivity index (χ4n) is 5.69. The Hall–Kier alpha value is -2.43. The van der Waals surface area contributed by atoms with Crippen molar-refractivity contribution < 1.29 is 13.9 Å². The number of amides is 1. The van der Waals surface area contributed by atoms with E-state index in [9.17, 15) is 4.79 Å². The number of furan rings is 1. The van der Waals surface area contributed by atoms with Crippen LogP contribution < -0.4 is 4.74 Å². The van der Waals surface area contributed by atoms with Crippen molar-refractivity contribution in [1.29, 1.82) is 0 Å². The van der Waals surface area contributed by atoms with E-state index in [1.165, 1.54) is 25.7 Å². The van der Waals surface area contributed by atoms with Crippen molar-refractivity contribution in [3.8, 4) is 16.9 Å². The molecular weight excluding hydrogens is 469 g/mol. The summed E-state index contributed by atoms with van der Waals surface area (Å²) in [5.74, 6) is 1.43. The first-order valence-electron chi connectivity index (χ1n) is 12.0. The van der Waals surface area contributed by atoms with Crippen molar-refractivity contribution in [1.82, 2.24) is 4.90 Å². The zero-order chi connectivity index (χ0) is 23.8. The van der Waals surface area contributed by atoms with Gasteiger partial charge in [-0.15, -0.1) is 0 Å². The number of carbonyl (C=O) groups is 1. The molecule has 0 bridgehead atoms. The van der Waals surface area contributed by atoms with Gasteiger partial charge in [0.05, 0.1) is 18.4 Å². The summed E-state index contributed by atoms with van der Waals surface area (Å²) in [5, 5.41) is 2.05. The highest BCUT2D eigenvalue weighted by atomic mass is 35.5. The Morgan fingerprint density at radius 2 is 1.88 bits per heavy atom.